The molecule has 217 valence electrons. The third-order valence-corrected chi connectivity index (χ3v) is 7.35. The van der Waals surface area contributed by atoms with Crippen molar-refractivity contribution in [1.82, 2.24) is 0 Å². The highest BCUT2D eigenvalue weighted by molar-refractivity contribution is 4.92. The molecule has 0 aliphatic heterocycles. The van der Waals surface area contributed by atoms with Crippen molar-refractivity contribution >= 4 is 0 Å². The van der Waals surface area contributed by atoms with Crippen LogP contribution in [0.15, 0.2) is 36.5 Å². The number of hydrogen-bond acceptors (Lipinski definition) is 1. The molecule has 0 rings (SSSR count). The molecule has 0 amide bonds. The Labute approximate surface area is 234 Å². The van der Waals surface area contributed by atoms with Gasteiger partial charge in [-0.2, -0.15) is 0 Å². The summed E-state index contributed by atoms with van der Waals surface area (Å²) in [5.41, 5.74) is 0. The molecule has 0 aromatic carbocycles. The van der Waals surface area contributed by atoms with Gasteiger partial charge in [-0.3, -0.25) is 0 Å². The van der Waals surface area contributed by atoms with Crippen molar-refractivity contribution in [3.8, 4) is 0 Å². The van der Waals surface area contributed by atoms with E-state index in [1.807, 2.05) is 0 Å². The standard InChI is InChI=1S/C36H67O/c1-3-5-7-9-10-11-12-13-14-15-16-17-18-19-20-21-22-23-24-25-26-27-28-29-30-31-33-35-36(37)34-32-8-6-4-2/h10-11,13-14,23,31,33,36-37H,3-9,12,15-22,24-30,32,34-35H2,1-2H3/b11-10-,14-13-,33-31-/t36-/m1/s1. The van der Waals surface area contributed by atoms with Gasteiger partial charge in [-0.25, -0.2) is 0 Å². The molecule has 0 aliphatic carbocycles. The van der Waals surface area contributed by atoms with Crippen LogP contribution in [0.1, 0.15) is 181 Å². The predicted molar refractivity (Wildman–Crippen MR) is 169 cm³/mol. The SMILES string of the molecule is CCCCC/C=C\C/C=C\CCCCCCCC[CH]CCCCCCC/C=C\C[C@H](O)CCCCCC. The number of unbranched alkanes of at least 4 members (excludes halogenated alkanes) is 21. The fourth-order valence-corrected chi connectivity index (χ4v) is 4.80. The van der Waals surface area contributed by atoms with Crippen molar-refractivity contribution in [1.29, 1.82) is 0 Å². The second-order valence-electron chi connectivity index (χ2n) is 11.2. The van der Waals surface area contributed by atoms with Gasteiger partial charge in [0, 0.05) is 0 Å². The zero-order valence-corrected chi connectivity index (χ0v) is 25.5. The largest absolute Gasteiger partial charge is 0.393 e. The molecule has 0 fully saturated rings. The van der Waals surface area contributed by atoms with E-state index in [9.17, 15) is 5.11 Å². The topological polar surface area (TPSA) is 20.2 Å². The highest BCUT2D eigenvalue weighted by atomic mass is 16.3. The van der Waals surface area contributed by atoms with Crippen LogP contribution >= 0.6 is 0 Å². The smallest absolute Gasteiger partial charge is 0.0574 e. The molecule has 37 heavy (non-hydrogen) atoms. The summed E-state index contributed by atoms with van der Waals surface area (Å²) in [6.45, 7) is 4.50. The first-order valence-corrected chi connectivity index (χ1v) is 16.8. The van der Waals surface area contributed by atoms with Crippen LogP contribution in [0.2, 0.25) is 0 Å². The van der Waals surface area contributed by atoms with Gasteiger partial charge in [-0.1, -0.05) is 159 Å². The van der Waals surface area contributed by atoms with Crippen molar-refractivity contribution in [3.05, 3.63) is 42.9 Å². The lowest BCUT2D eigenvalue weighted by Gasteiger charge is -2.07. The molecular formula is C36H67O. The van der Waals surface area contributed by atoms with Crippen molar-refractivity contribution in [2.75, 3.05) is 0 Å². The quantitative estimate of drug-likeness (QED) is 0.0744. The second-order valence-corrected chi connectivity index (χ2v) is 11.2. The van der Waals surface area contributed by atoms with E-state index in [1.54, 1.807) is 0 Å². The van der Waals surface area contributed by atoms with E-state index in [2.05, 4.69) is 56.7 Å². The van der Waals surface area contributed by atoms with Gasteiger partial charge in [-0.15, -0.1) is 0 Å². The van der Waals surface area contributed by atoms with E-state index in [1.165, 1.54) is 148 Å². The molecule has 1 nitrogen and oxygen atoms in total. The minimum Gasteiger partial charge on any atom is -0.393 e. The lowest BCUT2D eigenvalue weighted by Crippen LogP contribution is -2.04. The Morgan fingerprint density at radius 3 is 1.38 bits per heavy atom. The normalized spacial score (nSPS) is 13.1. The van der Waals surface area contributed by atoms with Crippen LogP contribution in [0.4, 0.5) is 0 Å². The van der Waals surface area contributed by atoms with Gasteiger partial charge in [-0.05, 0) is 64.2 Å². The van der Waals surface area contributed by atoms with E-state index >= 15 is 0 Å². The van der Waals surface area contributed by atoms with Crippen LogP contribution in [0, 0.1) is 6.42 Å². The Balaban J connectivity index is 3.19. The molecule has 0 aliphatic rings. The zero-order chi connectivity index (χ0) is 26.9. The summed E-state index contributed by atoms with van der Waals surface area (Å²) in [4.78, 5) is 0. The molecular weight excluding hydrogens is 448 g/mol. The number of rotatable bonds is 30. The second kappa shape index (κ2) is 33.2. The van der Waals surface area contributed by atoms with Crippen LogP contribution in [0.25, 0.3) is 0 Å². The van der Waals surface area contributed by atoms with E-state index in [0.29, 0.717) is 0 Å². The van der Waals surface area contributed by atoms with E-state index in [4.69, 9.17) is 0 Å². The Morgan fingerprint density at radius 2 is 0.838 bits per heavy atom. The van der Waals surface area contributed by atoms with Crippen LogP contribution < -0.4 is 0 Å². The predicted octanol–water partition coefficient (Wildman–Crippen LogP) is 12.4. The van der Waals surface area contributed by atoms with Gasteiger partial charge in [0.05, 0.1) is 6.10 Å². The number of aliphatic hydroxyl groups excluding tert-OH is 1. The van der Waals surface area contributed by atoms with Gasteiger partial charge < -0.3 is 5.11 Å². The number of allylic oxidation sites excluding steroid dienone is 5. The van der Waals surface area contributed by atoms with Gasteiger partial charge in [0.1, 0.15) is 0 Å². The molecule has 0 spiro atoms. The highest BCUT2D eigenvalue weighted by Gasteiger charge is 2.00. The first-order chi connectivity index (χ1) is 18.3. The Bertz CT molecular complexity index is 489. The molecule has 0 saturated heterocycles. The third-order valence-electron chi connectivity index (χ3n) is 7.35. The van der Waals surface area contributed by atoms with Gasteiger partial charge >= 0.3 is 0 Å². The van der Waals surface area contributed by atoms with E-state index in [0.717, 1.165) is 19.3 Å². The Kier molecular flexibility index (Phi) is 32.5. The maximum Gasteiger partial charge on any atom is 0.0574 e. The van der Waals surface area contributed by atoms with Crippen LogP contribution in [-0.2, 0) is 0 Å². The monoisotopic (exact) mass is 516 g/mol. The average Bonchev–Trinajstić information content (AvgIpc) is 2.90. The maximum absolute atomic E-state index is 9.98. The van der Waals surface area contributed by atoms with Crippen molar-refractivity contribution in [2.24, 2.45) is 0 Å². The maximum atomic E-state index is 9.98. The van der Waals surface area contributed by atoms with Gasteiger partial charge in [0.2, 0.25) is 0 Å². The molecule has 0 saturated carbocycles. The number of hydrogen-bond donors (Lipinski definition) is 1. The first-order valence-electron chi connectivity index (χ1n) is 16.8. The summed E-state index contributed by atoms with van der Waals surface area (Å²) < 4.78 is 0. The Morgan fingerprint density at radius 1 is 0.432 bits per heavy atom. The summed E-state index contributed by atoms with van der Waals surface area (Å²) in [7, 11) is 0. The molecule has 1 radical (unpaired) electrons. The minimum atomic E-state index is -0.126. The van der Waals surface area contributed by atoms with Crippen LogP contribution in [0.5, 0.6) is 0 Å². The number of aliphatic hydroxyl groups is 1. The molecule has 0 heterocycles. The van der Waals surface area contributed by atoms with Crippen molar-refractivity contribution < 1.29 is 5.11 Å². The minimum absolute atomic E-state index is 0.126. The highest BCUT2D eigenvalue weighted by Crippen LogP contribution is 2.14. The molecule has 0 unspecified atom stereocenters. The molecule has 0 aromatic rings. The molecule has 0 aromatic heterocycles. The summed E-state index contributed by atoms with van der Waals surface area (Å²) in [5, 5.41) is 9.98. The van der Waals surface area contributed by atoms with Crippen LogP contribution in [0.3, 0.4) is 0 Å². The molecule has 1 N–H and O–H groups in total. The average molecular weight is 516 g/mol. The fourth-order valence-electron chi connectivity index (χ4n) is 4.80. The lowest BCUT2D eigenvalue weighted by molar-refractivity contribution is 0.163. The lowest BCUT2D eigenvalue weighted by atomic mass is 10.0. The summed E-state index contributed by atoms with van der Waals surface area (Å²) in [6, 6.07) is 0. The molecule has 1 atom stereocenters. The van der Waals surface area contributed by atoms with Crippen molar-refractivity contribution in [2.45, 2.75) is 187 Å². The molecule has 0 bridgehead atoms. The fraction of sp³-hybridized carbons (Fsp3) is 0.806. The Hall–Kier alpha value is -0.820. The molecule has 1 heteroatoms. The third kappa shape index (κ3) is 33.2. The first kappa shape index (κ1) is 36.2. The summed E-state index contributed by atoms with van der Waals surface area (Å²) in [6.07, 6.45) is 49.8. The summed E-state index contributed by atoms with van der Waals surface area (Å²) >= 11 is 0. The van der Waals surface area contributed by atoms with Gasteiger partial charge in [0.15, 0.2) is 0 Å². The van der Waals surface area contributed by atoms with Gasteiger partial charge in [0.25, 0.3) is 0 Å². The van der Waals surface area contributed by atoms with E-state index < -0.39 is 0 Å². The zero-order valence-electron chi connectivity index (χ0n) is 25.5. The van der Waals surface area contributed by atoms with Crippen molar-refractivity contribution in [3.63, 3.8) is 0 Å². The van der Waals surface area contributed by atoms with E-state index in [-0.39, 0.29) is 6.10 Å². The van der Waals surface area contributed by atoms with Crippen LogP contribution in [-0.4, -0.2) is 11.2 Å². The summed E-state index contributed by atoms with van der Waals surface area (Å²) in [5.74, 6) is 0.